The van der Waals surface area contributed by atoms with Crippen molar-refractivity contribution in [3.63, 3.8) is 0 Å². The number of aromatic nitrogens is 4. The largest absolute Gasteiger partial charge is 0.505 e. The van der Waals surface area contributed by atoms with Crippen molar-refractivity contribution in [2.75, 3.05) is 43.6 Å². The van der Waals surface area contributed by atoms with Crippen molar-refractivity contribution in [3.8, 4) is 17.0 Å². The van der Waals surface area contributed by atoms with Crippen LogP contribution in [0.5, 0.6) is 5.75 Å². The SMILES string of the molecule is CCN(c1nc(N)nc2c1c(-c1cc(Cl)c(O)c(Cl)c1)nn2C)N1CCOCC1. The lowest BCUT2D eigenvalue weighted by atomic mass is 10.1. The molecule has 0 amide bonds. The van der Waals surface area contributed by atoms with E-state index in [4.69, 9.17) is 33.7 Å². The van der Waals surface area contributed by atoms with E-state index in [1.54, 1.807) is 23.9 Å². The number of phenols is 1. The number of nitrogens with zero attached hydrogens (tertiary/aromatic N) is 6. The fourth-order valence-corrected chi connectivity index (χ4v) is 4.00. The Kier molecular flexibility index (Phi) is 5.39. The molecule has 0 atom stereocenters. The molecule has 0 bridgehead atoms. The molecule has 29 heavy (non-hydrogen) atoms. The summed E-state index contributed by atoms with van der Waals surface area (Å²) in [4.78, 5) is 8.94. The maximum atomic E-state index is 9.93. The van der Waals surface area contributed by atoms with Gasteiger partial charge in [-0.2, -0.15) is 15.1 Å². The fourth-order valence-electron chi connectivity index (χ4n) is 3.52. The van der Waals surface area contributed by atoms with Gasteiger partial charge in [0, 0.05) is 32.2 Å². The first kappa shape index (κ1) is 20.0. The number of hydrazine groups is 1. The summed E-state index contributed by atoms with van der Waals surface area (Å²) < 4.78 is 7.13. The molecule has 0 spiro atoms. The Morgan fingerprint density at radius 3 is 2.48 bits per heavy atom. The molecule has 3 aromatic rings. The van der Waals surface area contributed by atoms with Gasteiger partial charge in [0.25, 0.3) is 0 Å². The average Bonchev–Trinajstić information content (AvgIpc) is 3.03. The predicted octanol–water partition coefficient (Wildman–Crippen LogP) is 2.70. The number of anilines is 2. The van der Waals surface area contributed by atoms with E-state index in [9.17, 15) is 5.11 Å². The van der Waals surface area contributed by atoms with E-state index in [1.165, 1.54) is 0 Å². The zero-order valence-corrected chi connectivity index (χ0v) is 17.6. The van der Waals surface area contributed by atoms with Crippen molar-refractivity contribution >= 4 is 46.0 Å². The van der Waals surface area contributed by atoms with Crippen LogP contribution in [-0.2, 0) is 11.8 Å². The highest BCUT2D eigenvalue weighted by molar-refractivity contribution is 6.37. The zero-order valence-electron chi connectivity index (χ0n) is 16.1. The Balaban J connectivity index is 1.95. The number of fused-ring (bicyclic) bond motifs is 1. The second-order valence-electron chi connectivity index (χ2n) is 6.65. The number of rotatable bonds is 4. The van der Waals surface area contributed by atoms with Crippen LogP contribution in [0.1, 0.15) is 6.92 Å². The van der Waals surface area contributed by atoms with E-state index >= 15 is 0 Å². The average molecular weight is 438 g/mol. The number of aromatic hydroxyl groups is 1. The van der Waals surface area contributed by atoms with Gasteiger partial charge in [0.15, 0.2) is 17.2 Å². The lowest BCUT2D eigenvalue weighted by Crippen LogP contribution is -2.49. The van der Waals surface area contributed by atoms with Gasteiger partial charge < -0.3 is 15.6 Å². The number of morpholine rings is 1. The second-order valence-corrected chi connectivity index (χ2v) is 7.46. The quantitative estimate of drug-likeness (QED) is 0.641. The number of aryl methyl sites for hydroxylation is 1. The van der Waals surface area contributed by atoms with Crippen molar-refractivity contribution in [2.45, 2.75) is 6.92 Å². The molecule has 3 N–H and O–H groups in total. The summed E-state index contributed by atoms with van der Waals surface area (Å²) >= 11 is 12.3. The summed E-state index contributed by atoms with van der Waals surface area (Å²) in [6.07, 6.45) is 0. The van der Waals surface area contributed by atoms with Crippen LogP contribution in [0.4, 0.5) is 11.8 Å². The molecule has 0 saturated carbocycles. The van der Waals surface area contributed by atoms with Crippen molar-refractivity contribution in [1.82, 2.24) is 24.8 Å². The van der Waals surface area contributed by atoms with E-state index in [2.05, 4.69) is 25.1 Å². The zero-order chi connectivity index (χ0) is 20.7. The van der Waals surface area contributed by atoms with Crippen LogP contribution >= 0.6 is 23.2 Å². The van der Waals surface area contributed by atoms with Crippen LogP contribution in [-0.4, -0.2) is 62.7 Å². The summed E-state index contributed by atoms with van der Waals surface area (Å²) in [6, 6.07) is 3.24. The van der Waals surface area contributed by atoms with Crippen LogP contribution in [0.15, 0.2) is 12.1 Å². The van der Waals surface area contributed by atoms with Gasteiger partial charge in [-0.1, -0.05) is 23.2 Å². The Morgan fingerprint density at radius 1 is 1.21 bits per heavy atom. The maximum absolute atomic E-state index is 9.93. The van der Waals surface area contributed by atoms with Gasteiger partial charge in [0.05, 0.1) is 28.6 Å². The number of hydrogen-bond donors (Lipinski definition) is 2. The number of hydrogen-bond acceptors (Lipinski definition) is 8. The Bertz CT molecular complexity index is 1040. The first-order chi connectivity index (χ1) is 13.9. The molecule has 1 aromatic carbocycles. The normalized spacial score (nSPS) is 15.2. The smallest absolute Gasteiger partial charge is 0.224 e. The minimum Gasteiger partial charge on any atom is -0.505 e. The van der Waals surface area contributed by atoms with Gasteiger partial charge in [-0.05, 0) is 19.1 Å². The fraction of sp³-hybridized carbons (Fsp3) is 0.389. The highest BCUT2D eigenvalue weighted by atomic mass is 35.5. The second kappa shape index (κ2) is 7.83. The molecule has 1 aliphatic rings. The van der Waals surface area contributed by atoms with Crippen LogP contribution in [0.3, 0.4) is 0 Å². The number of phenolic OH excluding ortho intramolecular Hbond substituents is 1. The van der Waals surface area contributed by atoms with Crippen LogP contribution in [0.2, 0.25) is 10.0 Å². The molecule has 3 heterocycles. The Labute approximate surface area is 177 Å². The first-order valence-electron chi connectivity index (χ1n) is 9.19. The number of nitrogens with two attached hydrogens (primary N) is 1. The van der Waals surface area contributed by atoms with E-state index < -0.39 is 0 Å². The Hall–Kier alpha value is -2.33. The molecule has 11 heteroatoms. The minimum absolute atomic E-state index is 0.143. The van der Waals surface area contributed by atoms with Crippen molar-refractivity contribution in [3.05, 3.63) is 22.2 Å². The van der Waals surface area contributed by atoms with E-state index in [1.807, 2.05) is 6.92 Å². The van der Waals surface area contributed by atoms with E-state index in [0.717, 1.165) is 18.5 Å². The molecule has 9 nitrogen and oxygen atoms in total. The molecular weight excluding hydrogens is 417 g/mol. The highest BCUT2D eigenvalue weighted by Gasteiger charge is 2.26. The minimum atomic E-state index is -0.165. The molecule has 0 unspecified atom stereocenters. The van der Waals surface area contributed by atoms with Gasteiger partial charge in [-0.25, -0.2) is 9.69 Å². The molecule has 4 rings (SSSR count). The molecule has 154 valence electrons. The predicted molar refractivity (Wildman–Crippen MR) is 113 cm³/mol. The van der Waals surface area contributed by atoms with Gasteiger partial charge in [0.2, 0.25) is 5.95 Å². The molecule has 0 aliphatic carbocycles. The summed E-state index contributed by atoms with van der Waals surface area (Å²) in [5, 5.41) is 19.8. The van der Waals surface area contributed by atoms with Crippen LogP contribution in [0, 0.1) is 0 Å². The monoisotopic (exact) mass is 437 g/mol. The third kappa shape index (κ3) is 3.55. The lowest BCUT2D eigenvalue weighted by molar-refractivity contribution is 0.0320. The van der Waals surface area contributed by atoms with Gasteiger partial charge >= 0.3 is 0 Å². The van der Waals surface area contributed by atoms with Gasteiger partial charge in [-0.3, -0.25) is 5.01 Å². The number of ether oxygens (including phenoxy) is 1. The molecular formula is C18H21Cl2N7O2. The van der Waals surface area contributed by atoms with Crippen LogP contribution < -0.4 is 10.7 Å². The van der Waals surface area contributed by atoms with Crippen molar-refractivity contribution in [1.29, 1.82) is 0 Å². The summed E-state index contributed by atoms with van der Waals surface area (Å²) in [5.41, 5.74) is 7.87. The van der Waals surface area contributed by atoms with Crippen molar-refractivity contribution in [2.24, 2.45) is 7.05 Å². The molecule has 2 aromatic heterocycles. The number of halogens is 2. The van der Waals surface area contributed by atoms with E-state index in [0.29, 0.717) is 42.5 Å². The topological polar surface area (TPSA) is 106 Å². The third-order valence-corrected chi connectivity index (χ3v) is 5.42. The van der Waals surface area contributed by atoms with Gasteiger partial charge in [-0.15, -0.1) is 0 Å². The molecule has 1 aliphatic heterocycles. The highest BCUT2D eigenvalue weighted by Crippen LogP contribution is 2.40. The lowest BCUT2D eigenvalue weighted by Gasteiger charge is -2.37. The van der Waals surface area contributed by atoms with Gasteiger partial charge in [0.1, 0.15) is 5.69 Å². The standard InChI is InChI=1S/C18H21Cl2N7O2/c1-3-27(26-4-6-29-7-5-26)17-13-14(10-8-11(19)15(28)12(20)9-10)24-25(2)16(13)22-18(21)23-17/h8-9,28H,3-7H2,1-2H3,(H2,21,22,23). The van der Waals surface area contributed by atoms with Crippen molar-refractivity contribution < 1.29 is 9.84 Å². The number of benzene rings is 1. The summed E-state index contributed by atoms with van der Waals surface area (Å²) in [7, 11) is 1.79. The summed E-state index contributed by atoms with van der Waals surface area (Å²) in [6.45, 7) is 5.49. The third-order valence-electron chi connectivity index (χ3n) is 4.84. The maximum Gasteiger partial charge on any atom is 0.224 e. The first-order valence-corrected chi connectivity index (χ1v) is 9.95. The number of nitrogen functional groups attached to an aromatic ring is 1. The molecule has 1 fully saturated rings. The molecule has 0 radical (unpaired) electrons. The summed E-state index contributed by atoms with van der Waals surface area (Å²) in [5.74, 6) is 0.650. The Morgan fingerprint density at radius 2 is 1.86 bits per heavy atom. The molecule has 1 saturated heterocycles. The van der Waals surface area contributed by atoms with Crippen LogP contribution in [0.25, 0.3) is 22.3 Å². The van der Waals surface area contributed by atoms with E-state index in [-0.39, 0.29) is 21.7 Å².